The van der Waals surface area contributed by atoms with Crippen LogP contribution in [0.1, 0.15) is 41.1 Å². The van der Waals surface area contributed by atoms with Crippen LogP contribution in [0, 0.1) is 17.2 Å². The van der Waals surface area contributed by atoms with Crippen LogP contribution < -0.4 is 5.32 Å². The highest BCUT2D eigenvalue weighted by Gasteiger charge is 2.20. The number of aromatic nitrogens is 2. The number of carboxylic acid groups (broad SMARTS) is 2. The van der Waals surface area contributed by atoms with E-state index in [1.165, 1.54) is 5.56 Å². The van der Waals surface area contributed by atoms with E-state index in [4.69, 9.17) is 19.9 Å². The fourth-order valence-corrected chi connectivity index (χ4v) is 4.00. The van der Waals surface area contributed by atoms with Crippen LogP contribution in [0.25, 0.3) is 11.5 Å². The first-order valence-corrected chi connectivity index (χ1v) is 12.4. The Bertz CT molecular complexity index is 1290. The van der Waals surface area contributed by atoms with E-state index in [0.717, 1.165) is 38.9 Å². The van der Waals surface area contributed by atoms with Gasteiger partial charge in [0.15, 0.2) is 0 Å². The third kappa shape index (κ3) is 9.87. The second kappa shape index (κ2) is 14.8. The van der Waals surface area contributed by atoms with Crippen LogP contribution >= 0.6 is 0 Å². The van der Waals surface area contributed by atoms with Crippen molar-refractivity contribution in [2.75, 3.05) is 19.6 Å². The second-order valence-corrected chi connectivity index (χ2v) is 8.86. The van der Waals surface area contributed by atoms with Gasteiger partial charge in [-0.15, -0.1) is 10.2 Å². The van der Waals surface area contributed by atoms with Crippen molar-refractivity contribution in [2.45, 2.75) is 25.8 Å². The van der Waals surface area contributed by atoms with E-state index in [9.17, 15) is 14.4 Å². The monoisotopic (exact) mass is 531 g/mol. The van der Waals surface area contributed by atoms with Gasteiger partial charge < -0.3 is 19.9 Å². The number of carbonyl (C=O) groups excluding carboxylic acids is 1. The quantitative estimate of drug-likeness (QED) is 0.348. The van der Waals surface area contributed by atoms with Crippen LogP contribution in [-0.4, -0.2) is 62.8 Å². The maximum atomic E-state index is 12.3. The lowest BCUT2D eigenvalue weighted by atomic mass is 9.93. The third-order valence-corrected chi connectivity index (χ3v) is 6.04. The standard InChI is InChI=1S/C24H25N5O2.C4H4O4/c25-16-19-6-8-21(9-7-19)23-27-28-24(31-23)22(30)26-13-10-18-11-14-29(15-12-18)17-20-4-2-1-3-5-20;5-3(6)1-2-4(7)8/h1-9,18H,10-15,17H2,(H,26,30);1-2H,(H,5,6)(H,7,8). The lowest BCUT2D eigenvalue weighted by Gasteiger charge is -2.32. The molecule has 1 fully saturated rings. The van der Waals surface area contributed by atoms with Crippen LogP contribution in [0.15, 0.2) is 71.2 Å². The van der Waals surface area contributed by atoms with E-state index in [0.29, 0.717) is 35.7 Å². The van der Waals surface area contributed by atoms with Crippen molar-refractivity contribution in [3.8, 4) is 17.5 Å². The molecule has 1 aliphatic heterocycles. The Kier molecular flexibility index (Phi) is 10.9. The first kappa shape index (κ1) is 28.7. The molecule has 0 saturated carbocycles. The van der Waals surface area contributed by atoms with Gasteiger partial charge >= 0.3 is 23.7 Å². The minimum atomic E-state index is -1.26. The lowest BCUT2D eigenvalue weighted by Crippen LogP contribution is -2.34. The minimum absolute atomic E-state index is 0.0444. The van der Waals surface area contributed by atoms with Crippen LogP contribution in [0.2, 0.25) is 0 Å². The molecule has 0 radical (unpaired) electrons. The Balaban J connectivity index is 0.000000459. The predicted molar refractivity (Wildman–Crippen MR) is 140 cm³/mol. The van der Waals surface area contributed by atoms with Gasteiger partial charge in [-0.25, -0.2) is 9.59 Å². The number of nitrogens with one attached hydrogen (secondary N) is 1. The maximum absolute atomic E-state index is 12.3. The highest BCUT2D eigenvalue weighted by atomic mass is 16.4. The van der Waals surface area contributed by atoms with Gasteiger partial charge in [0.2, 0.25) is 5.89 Å². The molecule has 11 heteroatoms. The van der Waals surface area contributed by atoms with Crippen molar-refractivity contribution >= 4 is 17.8 Å². The minimum Gasteiger partial charge on any atom is -0.478 e. The molecule has 1 aromatic heterocycles. The summed E-state index contributed by atoms with van der Waals surface area (Å²) in [5.41, 5.74) is 2.58. The molecule has 4 rings (SSSR count). The van der Waals surface area contributed by atoms with E-state index in [1.54, 1.807) is 24.3 Å². The number of amides is 1. The van der Waals surface area contributed by atoms with Crippen molar-refractivity contribution in [3.63, 3.8) is 0 Å². The summed E-state index contributed by atoms with van der Waals surface area (Å²) in [6.07, 6.45) is 4.35. The first-order chi connectivity index (χ1) is 18.8. The van der Waals surface area contributed by atoms with Gasteiger partial charge in [0.25, 0.3) is 0 Å². The molecule has 3 aromatic rings. The van der Waals surface area contributed by atoms with Crippen LogP contribution in [0.3, 0.4) is 0 Å². The molecule has 1 aliphatic rings. The zero-order valence-corrected chi connectivity index (χ0v) is 21.2. The van der Waals surface area contributed by atoms with E-state index in [1.807, 2.05) is 6.07 Å². The summed E-state index contributed by atoms with van der Waals surface area (Å²) in [4.78, 5) is 33.9. The molecule has 11 nitrogen and oxygen atoms in total. The number of nitrogens with zero attached hydrogens (tertiary/aromatic N) is 4. The molecule has 0 aliphatic carbocycles. The Hall–Kier alpha value is -4.82. The number of carbonyl (C=O) groups is 3. The first-order valence-electron chi connectivity index (χ1n) is 12.4. The summed E-state index contributed by atoms with van der Waals surface area (Å²) in [5.74, 6) is -2.03. The zero-order valence-electron chi connectivity index (χ0n) is 21.2. The van der Waals surface area contributed by atoms with Crippen LogP contribution in [0.4, 0.5) is 0 Å². The van der Waals surface area contributed by atoms with E-state index in [2.05, 4.69) is 50.7 Å². The number of rotatable bonds is 9. The average molecular weight is 532 g/mol. The van der Waals surface area contributed by atoms with Gasteiger partial charge in [0.05, 0.1) is 11.6 Å². The van der Waals surface area contributed by atoms with E-state index in [-0.39, 0.29) is 17.7 Å². The highest BCUT2D eigenvalue weighted by molar-refractivity contribution is 5.90. The molecule has 39 heavy (non-hydrogen) atoms. The van der Waals surface area contributed by atoms with E-state index >= 15 is 0 Å². The highest BCUT2D eigenvalue weighted by Crippen LogP contribution is 2.22. The average Bonchev–Trinajstić information content (AvgIpc) is 3.44. The van der Waals surface area contributed by atoms with E-state index < -0.39 is 11.9 Å². The Morgan fingerprint density at radius 2 is 1.64 bits per heavy atom. The number of aliphatic carboxylic acids is 2. The summed E-state index contributed by atoms with van der Waals surface area (Å²) in [5, 5.41) is 35.2. The summed E-state index contributed by atoms with van der Waals surface area (Å²) in [7, 11) is 0. The van der Waals surface area contributed by atoms with Crippen LogP contribution in [-0.2, 0) is 16.1 Å². The van der Waals surface area contributed by atoms with Gasteiger partial charge in [-0.05, 0) is 68.1 Å². The Morgan fingerprint density at radius 3 is 2.23 bits per heavy atom. The van der Waals surface area contributed by atoms with Gasteiger partial charge in [0, 0.05) is 30.8 Å². The van der Waals surface area contributed by atoms with Crippen molar-refractivity contribution in [1.29, 1.82) is 5.26 Å². The Morgan fingerprint density at radius 1 is 1.00 bits per heavy atom. The molecule has 0 atom stereocenters. The molecule has 1 saturated heterocycles. The number of piperidine rings is 1. The fraction of sp³-hybridized carbons (Fsp3) is 0.286. The topological polar surface area (TPSA) is 170 Å². The summed E-state index contributed by atoms with van der Waals surface area (Å²) < 4.78 is 5.49. The zero-order chi connectivity index (χ0) is 28.0. The van der Waals surface area contributed by atoms with Gasteiger partial charge in [-0.1, -0.05) is 30.3 Å². The van der Waals surface area contributed by atoms with Crippen LogP contribution in [0.5, 0.6) is 0 Å². The largest absolute Gasteiger partial charge is 0.478 e. The van der Waals surface area contributed by atoms with Gasteiger partial charge in [0.1, 0.15) is 0 Å². The SMILES string of the molecule is N#Cc1ccc(-c2nnc(C(=O)NCCC3CCN(Cc4ccccc4)CC3)o2)cc1.O=C(O)C=CC(=O)O. The molecule has 3 N–H and O–H groups in total. The lowest BCUT2D eigenvalue weighted by molar-refractivity contribution is -0.134. The van der Waals surface area contributed by atoms with Crippen molar-refractivity contribution in [1.82, 2.24) is 20.4 Å². The maximum Gasteiger partial charge on any atom is 0.328 e. The summed E-state index contributed by atoms with van der Waals surface area (Å²) >= 11 is 0. The molecule has 2 heterocycles. The van der Waals surface area contributed by atoms with Crippen molar-refractivity contribution < 1.29 is 29.0 Å². The molecular weight excluding hydrogens is 502 g/mol. The molecule has 202 valence electrons. The molecule has 0 spiro atoms. The van der Waals surface area contributed by atoms with Gasteiger partial charge in [-0.2, -0.15) is 5.26 Å². The number of benzene rings is 2. The predicted octanol–water partition coefficient (Wildman–Crippen LogP) is 3.35. The number of hydrogen-bond donors (Lipinski definition) is 3. The fourth-order valence-electron chi connectivity index (χ4n) is 4.00. The second-order valence-electron chi connectivity index (χ2n) is 8.86. The van der Waals surface area contributed by atoms with Crippen molar-refractivity contribution in [2.24, 2.45) is 5.92 Å². The smallest absolute Gasteiger partial charge is 0.328 e. The molecule has 2 aromatic carbocycles. The van der Waals surface area contributed by atoms with Crippen molar-refractivity contribution in [3.05, 3.63) is 83.8 Å². The van der Waals surface area contributed by atoms with Gasteiger partial charge in [-0.3, -0.25) is 9.69 Å². The number of nitriles is 1. The number of hydrogen-bond acceptors (Lipinski definition) is 8. The summed E-state index contributed by atoms with van der Waals surface area (Å²) in [6, 6.07) is 19.4. The molecular formula is C28H29N5O6. The Labute approximate surface area is 225 Å². The molecule has 1 amide bonds. The molecule has 0 unspecified atom stereocenters. The number of likely N-dealkylation sites (tertiary alicyclic amines) is 1. The normalized spacial score (nSPS) is 13.7. The number of carboxylic acids is 2. The third-order valence-electron chi connectivity index (χ3n) is 6.04. The summed E-state index contributed by atoms with van der Waals surface area (Å²) in [6.45, 7) is 3.77. The molecule has 0 bridgehead atoms.